The molecule has 0 atom stereocenters. The van der Waals surface area contributed by atoms with E-state index in [0.717, 1.165) is 12.1 Å². The van der Waals surface area contributed by atoms with Gasteiger partial charge in [-0.15, -0.1) is 0 Å². The molecule has 0 spiro atoms. The zero-order chi connectivity index (χ0) is 14.8. The first-order valence-corrected chi connectivity index (χ1v) is 7.01. The molecule has 0 saturated carbocycles. The van der Waals surface area contributed by atoms with E-state index in [1.165, 1.54) is 6.92 Å². The summed E-state index contributed by atoms with van der Waals surface area (Å²) in [5.41, 5.74) is 3.45. The van der Waals surface area contributed by atoms with Crippen LogP contribution in [0.15, 0.2) is 17.0 Å². The molecular weight excluding hydrogens is 299 g/mol. The van der Waals surface area contributed by atoms with Gasteiger partial charge in [0.2, 0.25) is 10.0 Å². The largest absolute Gasteiger partial charge is 0.396 e. The molecule has 0 amide bonds. The van der Waals surface area contributed by atoms with Gasteiger partial charge in [-0.05, 0) is 19.1 Å². The monoisotopic (exact) mass is 312 g/mol. The lowest BCUT2D eigenvalue weighted by Gasteiger charge is -2.26. The second-order valence-electron chi connectivity index (χ2n) is 4.29. The Bertz CT molecular complexity index is 575. The summed E-state index contributed by atoms with van der Waals surface area (Å²) in [7, 11) is -4.16. The Morgan fingerprint density at radius 2 is 1.95 bits per heavy atom. The molecule has 19 heavy (non-hydrogen) atoms. The highest BCUT2D eigenvalue weighted by Gasteiger charge is 2.31. The maximum Gasteiger partial charge on any atom is 0.242 e. The molecule has 0 bridgehead atoms. The summed E-state index contributed by atoms with van der Waals surface area (Å²) in [6.45, 7) is 0.0411. The zero-order valence-electron chi connectivity index (χ0n) is 10.0. The quantitative estimate of drug-likeness (QED) is 0.575. The molecule has 6 nitrogen and oxygen atoms in total. The molecule has 1 aromatic carbocycles. The Kier molecular flexibility index (Phi) is 4.75. The molecule has 0 saturated heterocycles. The first-order chi connectivity index (χ1) is 8.65. The number of sulfonamides is 1. The smallest absolute Gasteiger partial charge is 0.242 e. The maximum atomic E-state index is 13.1. The average molecular weight is 313 g/mol. The van der Waals surface area contributed by atoms with Gasteiger partial charge in [-0.25, -0.2) is 17.5 Å². The summed E-state index contributed by atoms with van der Waals surface area (Å²) >= 11 is 5.66. The molecule has 1 rings (SSSR count). The van der Waals surface area contributed by atoms with Crippen molar-refractivity contribution in [2.24, 2.45) is 0 Å². The number of anilines is 1. The van der Waals surface area contributed by atoms with Gasteiger partial charge in [-0.2, -0.15) is 0 Å². The molecule has 0 aliphatic heterocycles. The second-order valence-corrected chi connectivity index (χ2v) is 6.34. The van der Waals surface area contributed by atoms with Crippen molar-refractivity contribution in [2.75, 3.05) is 18.9 Å². The minimum absolute atomic E-state index is 0.350. The standard InChI is InChI=1S/C10H14ClFN2O4S/c1-10(4-15,5-16)14-19(17,18)9-3-8(13)7(12)2-6(9)11/h2-3,14-16H,4-5,13H2,1H3. The predicted molar refractivity (Wildman–Crippen MR) is 68.7 cm³/mol. The molecule has 0 aromatic heterocycles. The van der Waals surface area contributed by atoms with E-state index in [-0.39, 0.29) is 10.7 Å². The van der Waals surface area contributed by atoms with Crippen LogP contribution in [0.1, 0.15) is 6.92 Å². The van der Waals surface area contributed by atoms with E-state index in [2.05, 4.69) is 4.72 Å². The molecule has 0 heterocycles. The Morgan fingerprint density at radius 3 is 2.42 bits per heavy atom. The van der Waals surface area contributed by atoms with Crippen LogP contribution in [0.3, 0.4) is 0 Å². The Labute approximate surface area is 115 Å². The molecule has 0 fully saturated rings. The lowest BCUT2D eigenvalue weighted by Crippen LogP contribution is -2.51. The van der Waals surface area contributed by atoms with E-state index in [1.807, 2.05) is 0 Å². The highest BCUT2D eigenvalue weighted by molar-refractivity contribution is 7.89. The highest BCUT2D eigenvalue weighted by atomic mass is 35.5. The summed E-state index contributed by atoms with van der Waals surface area (Å²) in [4.78, 5) is -0.429. The predicted octanol–water partition coefficient (Wildman–Crippen LogP) is 0.0829. The minimum Gasteiger partial charge on any atom is -0.396 e. The third-order valence-electron chi connectivity index (χ3n) is 2.42. The van der Waals surface area contributed by atoms with Crippen molar-refractivity contribution in [3.05, 3.63) is 23.0 Å². The van der Waals surface area contributed by atoms with E-state index < -0.39 is 39.5 Å². The van der Waals surface area contributed by atoms with E-state index in [0.29, 0.717) is 0 Å². The van der Waals surface area contributed by atoms with E-state index in [1.54, 1.807) is 0 Å². The van der Waals surface area contributed by atoms with E-state index >= 15 is 0 Å². The van der Waals surface area contributed by atoms with Gasteiger partial charge in [-0.1, -0.05) is 11.6 Å². The number of hydrogen-bond donors (Lipinski definition) is 4. The minimum atomic E-state index is -4.16. The van der Waals surface area contributed by atoms with Gasteiger partial charge in [0.05, 0.1) is 29.5 Å². The fourth-order valence-corrected chi connectivity index (χ4v) is 3.19. The molecule has 9 heteroatoms. The Balaban J connectivity index is 3.25. The number of nitrogens with one attached hydrogen (secondary N) is 1. The van der Waals surface area contributed by atoms with Crippen LogP contribution in [0.2, 0.25) is 5.02 Å². The zero-order valence-corrected chi connectivity index (χ0v) is 11.6. The molecule has 0 aliphatic rings. The van der Waals surface area contributed by atoms with Gasteiger partial charge in [0.25, 0.3) is 0 Å². The summed E-state index contributed by atoms with van der Waals surface area (Å²) in [5.74, 6) is -0.837. The Hall–Kier alpha value is -0.930. The van der Waals surface area contributed by atoms with E-state index in [9.17, 15) is 12.8 Å². The molecule has 1 aromatic rings. The topological polar surface area (TPSA) is 113 Å². The van der Waals surface area contributed by atoms with Crippen LogP contribution >= 0.6 is 11.6 Å². The third kappa shape index (κ3) is 3.54. The second kappa shape index (κ2) is 5.59. The van der Waals surface area contributed by atoms with Crippen molar-refractivity contribution in [2.45, 2.75) is 17.4 Å². The van der Waals surface area contributed by atoms with E-state index in [4.69, 9.17) is 27.5 Å². The van der Waals surface area contributed by atoms with Crippen LogP contribution in [0.5, 0.6) is 0 Å². The summed E-state index contributed by atoms with van der Waals surface area (Å²) in [6.07, 6.45) is 0. The number of aliphatic hydroxyl groups excluding tert-OH is 2. The fourth-order valence-electron chi connectivity index (χ4n) is 1.24. The van der Waals surface area contributed by atoms with Gasteiger partial charge in [0.1, 0.15) is 10.7 Å². The van der Waals surface area contributed by atoms with Crippen molar-refractivity contribution < 1.29 is 23.0 Å². The number of benzene rings is 1. The first kappa shape index (κ1) is 16.1. The van der Waals surface area contributed by atoms with Crippen LogP contribution < -0.4 is 10.5 Å². The highest BCUT2D eigenvalue weighted by Crippen LogP contribution is 2.27. The van der Waals surface area contributed by atoms with Gasteiger partial charge < -0.3 is 15.9 Å². The van der Waals surface area contributed by atoms with Gasteiger partial charge in [-0.3, -0.25) is 0 Å². The molecule has 0 radical (unpaired) electrons. The number of nitrogen functional groups attached to an aromatic ring is 1. The molecule has 0 unspecified atom stereocenters. The van der Waals surface area contributed by atoms with Gasteiger partial charge >= 0.3 is 0 Å². The van der Waals surface area contributed by atoms with Crippen molar-refractivity contribution in [1.82, 2.24) is 4.72 Å². The van der Waals surface area contributed by atoms with Crippen molar-refractivity contribution in [3.8, 4) is 0 Å². The molecule has 0 aliphatic carbocycles. The normalized spacial score (nSPS) is 12.7. The number of hydrogen-bond acceptors (Lipinski definition) is 5. The van der Waals surface area contributed by atoms with Gasteiger partial charge in [0, 0.05) is 0 Å². The lowest BCUT2D eigenvalue weighted by atomic mass is 10.1. The maximum absolute atomic E-state index is 13.1. The van der Waals surface area contributed by atoms with Crippen LogP contribution in [-0.2, 0) is 10.0 Å². The number of nitrogens with two attached hydrogens (primary N) is 1. The molecule has 5 N–H and O–H groups in total. The SMILES string of the molecule is CC(CO)(CO)NS(=O)(=O)c1cc(N)c(F)cc1Cl. The first-order valence-electron chi connectivity index (χ1n) is 5.15. The van der Waals surface area contributed by atoms with Crippen molar-refractivity contribution in [1.29, 1.82) is 0 Å². The third-order valence-corrected chi connectivity index (χ3v) is 4.52. The summed E-state index contributed by atoms with van der Waals surface area (Å²) in [5, 5.41) is 17.8. The number of aliphatic hydroxyl groups is 2. The molecular formula is C10H14ClFN2O4S. The van der Waals surface area contributed by atoms with Crippen LogP contribution in [0.25, 0.3) is 0 Å². The lowest BCUT2D eigenvalue weighted by molar-refractivity contribution is 0.122. The summed E-state index contributed by atoms with van der Waals surface area (Å²) in [6, 6.07) is 1.65. The van der Waals surface area contributed by atoms with Crippen LogP contribution in [-0.4, -0.2) is 37.4 Å². The van der Waals surface area contributed by atoms with Crippen molar-refractivity contribution >= 4 is 27.3 Å². The Morgan fingerprint density at radius 1 is 1.42 bits per heavy atom. The van der Waals surface area contributed by atoms with Crippen molar-refractivity contribution in [3.63, 3.8) is 0 Å². The van der Waals surface area contributed by atoms with Gasteiger partial charge in [0.15, 0.2) is 0 Å². The van der Waals surface area contributed by atoms with Crippen LogP contribution in [0.4, 0.5) is 10.1 Å². The summed E-state index contributed by atoms with van der Waals surface area (Å²) < 4.78 is 39.3. The number of rotatable bonds is 5. The molecule has 108 valence electrons. The number of halogens is 2. The van der Waals surface area contributed by atoms with Crippen LogP contribution in [0, 0.1) is 5.82 Å². The fraction of sp³-hybridized carbons (Fsp3) is 0.400. The average Bonchev–Trinajstić information content (AvgIpc) is 2.33.